The Bertz CT molecular complexity index is 915. The molecule has 28 heavy (non-hydrogen) atoms. The second-order valence-electron chi connectivity index (χ2n) is 6.26. The van der Waals surface area contributed by atoms with Crippen LogP contribution in [0.2, 0.25) is 0 Å². The zero-order valence-electron chi connectivity index (χ0n) is 16.3. The highest BCUT2D eigenvalue weighted by atomic mass is 32.2. The first-order valence-electron chi connectivity index (χ1n) is 9.20. The maximum atomic E-state index is 13.0. The van der Waals surface area contributed by atoms with Crippen molar-refractivity contribution in [3.8, 4) is 23.0 Å². The number of sulfonamides is 1. The largest absolute Gasteiger partial charge is 0.490 e. The van der Waals surface area contributed by atoms with Gasteiger partial charge in [0.2, 0.25) is 10.0 Å². The van der Waals surface area contributed by atoms with Crippen LogP contribution in [0.15, 0.2) is 47.4 Å². The number of ether oxygens (including phenoxy) is 4. The van der Waals surface area contributed by atoms with Crippen molar-refractivity contribution < 1.29 is 27.4 Å². The van der Waals surface area contributed by atoms with Crippen molar-refractivity contribution in [1.29, 1.82) is 0 Å². The fraction of sp³-hybridized carbons (Fsp3) is 0.400. The third-order valence-electron chi connectivity index (χ3n) is 4.25. The third kappa shape index (κ3) is 4.34. The van der Waals surface area contributed by atoms with Crippen LogP contribution in [-0.2, 0) is 10.0 Å². The van der Waals surface area contributed by atoms with Crippen molar-refractivity contribution >= 4 is 10.0 Å². The number of hydrogen-bond acceptors (Lipinski definition) is 6. The van der Waals surface area contributed by atoms with Gasteiger partial charge in [-0.15, -0.1) is 0 Å². The van der Waals surface area contributed by atoms with Gasteiger partial charge in [-0.2, -0.15) is 4.31 Å². The molecule has 3 rings (SSSR count). The molecule has 7 nitrogen and oxygen atoms in total. The van der Waals surface area contributed by atoms with Crippen molar-refractivity contribution in [1.82, 2.24) is 4.31 Å². The van der Waals surface area contributed by atoms with Gasteiger partial charge in [-0.1, -0.05) is 12.1 Å². The summed E-state index contributed by atoms with van der Waals surface area (Å²) in [5, 5.41) is 0. The second kappa shape index (κ2) is 8.70. The number of benzene rings is 2. The van der Waals surface area contributed by atoms with Gasteiger partial charge in [-0.25, -0.2) is 8.42 Å². The maximum Gasteiger partial charge on any atom is 0.243 e. The van der Waals surface area contributed by atoms with Crippen LogP contribution in [0.3, 0.4) is 0 Å². The van der Waals surface area contributed by atoms with Crippen molar-refractivity contribution in [2.24, 2.45) is 0 Å². The molecule has 0 fully saturated rings. The van der Waals surface area contributed by atoms with Crippen LogP contribution < -0.4 is 18.9 Å². The van der Waals surface area contributed by atoms with E-state index in [1.165, 1.54) is 23.5 Å². The topological polar surface area (TPSA) is 74.3 Å². The summed E-state index contributed by atoms with van der Waals surface area (Å²) in [6.45, 7) is 5.01. The van der Waals surface area contributed by atoms with Crippen LogP contribution in [0.5, 0.6) is 23.0 Å². The van der Waals surface area contributed by atoms with Gasteiger partial charge in [0.25, 0.3) is 0 Å². The summed E-state index contributed by atoms with van der Waals surface area (Å²) in [6.07, 6.45) is -0.399. The van der Waals surface area contributed by atoms with Gasteiger partial charge >= 0.3 is 0 Å². The molecule has 0 saturated heterocycles. The van der Waals surface area contributed by atoms with E-state index in [4.69, 9.17) is 18.9 Å². The first kappa shape index (κ1) is 20.3. The molecule has 1 atom stereocenters. The molecular formula is C20H25NO6S. The molecule has 2 aromatic carbocycles. The Morgan fingerprint density at radius 1 is 1.04 bits per heavy atom. The fourth-order valence-corrected chi connectivity index (χ4v) is 4.13. The van der Waals surface area contributed by atoms with Crippen molar-refractivity contribution in [3.05, 3.63) is 42.5 Å². The van der Waals surface area contributed by atoms with Gasteiger partial charge in [0.15, 0.2) is 23.0 Å². The maximum absolute atomic E-state index is 13.0. The molecule has 152 valence electrons. The molecule has 2 aromatic rings. The number of hydrogen-bond donors (Lipinski definition) is 0. The second-order valence-corrected chi connectivity index (χ2v) is 8.30. The van der Waals surface area contributed by atoms with Gasteiger partial charge < -0.3 is 18.9 Å². The predicted octanol–water partition coefficient (Wildman–Crippen LogP) is 2.94. The quantitative estimate of drug-likeness (QED) is 0.670. The Morgan fingerprint density at radius 3 is 2.43 bits per heavy atom. The number of likely N-dealkylation sites (N-methyl/N-ethyl adjacent to an activating group) is 1. The Morgan fingerprint density at radius 2 is 1.71 bits per heavy atom. The lowest BCUT2D eigenvalue weighted by Gasteiger charge is -2.29. The minimum Gasteiger partial charge on any atom is -0.490 e. The molecule has 0 bridgehead atoms. The summed E-state index contributed by atoms with van der Waals surface area (Å²) in [4.78, 5) is 0.138. The highest BCUT2D eigenvalue weighted by Crippen LogP contribution is 2.33. The zero-order valence-corrected chi connectivity index (χ0v) is 17.1. The van der Waals surface area contributed by atoms with Crippen molar-refractivity contribution in [2.45, 2.75) is 24.8 Å². The lowest BCUT2D eigenvalue weighted by atomic mass is 10.2. The van der Waals surface area contributed by atoms with E-state index < -0.39 is 16.1 Å². The summed E-state index contributed by atoms with van der Waals surface area (Å²) in [7, 11) is -2.20. The van der Waals surface area contributed by atoms with E-state index in [2.05, 4.69) is 0 Å². The summed E-state index contributed by atoms with van der Waals surface area (Å²) >= 11 is 0. The number of rotatable bonds is 8. The summed E-state index contributed by atoms with van der Waals surface area (Å²) in [5.41, 5.74) is 0. The molecule has 0 radical (unpaired) electrons. The van der Waals surface area contributed by atoms with E-state index >= 15 is 0 Å². The van der Waals surface area contributed by atoms with E-state index in [0.717, 1.165) is 0 Å². The predicted molar refractivity (Wildman–Crippen MR) is 105 cm³/mol. The highest BCUT2D eigenvalue weighted by Gasteiger charge is 2.28. The number of para-hydroxylation sites is 2. The van der Waals surface area contributed by atoms with Crippen LogP contribution >= 0.6 is 0 Å². The molecule has 0 saturated carbocycles. The Labute approximate surface area is 165 Å². The summed E-state index contributed by atoms with van der Waals surface area (Å²) in [6, 6.07) is 12.0. The van der Waals surface area contributed by atoms with E-state index in [1.54, 1.807) is 12.1 Å². The Hall–Kier alpha value is -2.45. The molecule has 1 aliphatic heterocycles. The van der Waals surface area contributed by atoms with Crippen LogP contribution in [0, 0.1) is 0 Å². The van der Waals surface area contributed by atoms with Crippen molar-refractivity contribution in [2.75, 3.05) is 33.4 Å². The standard InChI is InChI=1S/C20H25NO6S/c1-4-24-18-11-10-16(12-20(18)25-5-2)28(22,23)21(3)13-15-14-26-17-8-6-7-9-19(17)27-15/h6-12,15H,4-5,13-14H2,1-3H3/t15-/m1/s1. The monoisotopic (exact) mass is 407 g/mol. The molecular weight excluding hydrogens is 382 g/mol. The number of nitrogens with zero attached hydrogens (tertiary/aromatic N) is 1. The normalized spacial score (nSPS) is 16.1. The lowest BCUT2D eigenvalue weighted by Crippen LogP contribution is -2.41. The molecule has 1 aliphatic rings. The zero-order chi connectivity index (χ0) is 20.1. The van der Waals surface area contributed by atoms with E-state index in [0.29, 0.717) is 36.2 Å². The van der Waals surface area contributed by atoms with Crippen LogP contribution in [0.4, 0.5) is 0 Å². The van der Waals surface area contributed by atoms with Gasteiger partial charge in [0, 0.05) is 13.1 Å². The van der Waals surface area contributed by atoms with E-state index in [-0.39, 0.29) is 18.0 Å². The first-order valence-corrected chi connectivity index (χ1v) is 10.6. The summed E-state index contributed by atoms with van der Waals surface area (Å²) < 4.78 is 49.9. The van der Waals surface area contributed by atoms with Crippen LogP contribution in [0.25, 0.3) is 0 Å². The van der Waals surface area contributed by atoms with E-state index in [9.17, 15) is 8.42 Å². The van der Waals surface area contributed by atoms with Crippen LogP contribution in [0.1, 0.15) is 13.8 Å². The molecule has 8 heteroatoms. The van der Waals surface area contributed by atoms with E-state index in [1.807, 2.05) is 32.0 Å². The molecule has 0 unspecified atom stereocenters. The highest BCUT2D eigenvalue weighted by molar-refractivity contribution is 7.89. The first-order chi connectivity index (χ1) is 13.5. The van der Waals surface area contributed by atoms with Crippen LogP contribution in [-0.4, -0.2) is 52.2 Å². The SMILES string of the molecule is CCOc1ccc(S(=O)(=O)N(C)C[C@@H]2COc3ccccc3O2)cc1OCC. The minimum atomic E-state index is -3.73. The van der Waals surface area contributed by atoms with Gasteiger partial charge in [-0.05, 0) is 38.1 Å². The van der Waals surface area contributed by atoms with Gasteiger partial charge in [-0.3, -0.25) is 0 Å². The molecule has 0 aromatic heterocycles. The summed E-state index contributed by atoms with van der Waals surface area (Å²) in [5.74, 6) is 2.21. The molecule has 0 aliphatic carbocycles. The third-order valence-corrected chi connectivity index (χ3v) is 6.07. The molecule has 0 N–H and O–H groups in total. The molecule has 1 heterocycles. The average molecular weight is 407 g/mol. The molecule has 0 amide bonds. The fourth-order valence-electron chi connectivity index (χ4n) is 2.91. The Balaban J connectivity index is 1.76. The average Bonchev–Trinajstić information content (AvgIpc) is 2.69. The van der Waals surface area contributed by atoms with Crippen molar-refractivity contribution in [3.63, 3.8) is 0 Å². The number of fused-ring (bicyclic) bond motifs is 1. The Kier molecular flexibility index (Phi) is 6.31. The minimum absolute atomic E-state index is 0.138. The van der Waals surface area contributed by atoms with Gasteiger partial charge in [0.05, 0.1) is 24.7 Å². The lowest BCUT2D eigenvalue weighted by molar-refractivity contribution is 0.0798. The molecule has 0 spiro atoms. The van der Waals surface area contributed by atoms with Gasteiger partial charge in [0.1, 0.15) is 12.7 Å². The smallest absolute Gasteiger partial charge is 0.243 e.